The van der Waals surface area contributed by atoms with Gasteiger partial charge in [-0.05, 0) is 60.0 Å². The van der Waals surface area contributed by atoms with Crippen molar-refractivity contribution in [1.82, 2.24) is 14.8 Å². The van der Waals surface area contributed by atoms with Crippen molar-refractivity contribution in [2.45, 2.75) is 45.6 Å². The van der Waals surface area contributed by atoms with Crippen LogP contribution < -0.4 is 5.32 Å². The van der Waals surface area contributed by atoms with Crippen LogP contribution in [0.15, 0.2) is 54.7 Å². The number of hydrogen-bond acceptors (Lipinski definition) is 3. The van der Waals surface area contributed by atoms with Crippen LogP contribution in [0.1, 0.15) is 43.9 Å². The predicted octanol–water partition coefficient (Wildman–Crippen LogP) is 4.34. The highest BCUT2D eigenvalue weighted by Gasteiger charge is 2.21. The molecule has 1 aliphatic heterocycles. The standard InChI is InChI=1S/C25H30FN3O2.C2H6/c26-22-5-2-19(3-6-22)7-12-28-13-9-23(10-14-28)29-15-8-21-4-1-20(17-24(21)29)18-25(31)27-11-16-30;1-2/h1-6,8,15,17,23,30H,7,9-14,16,18H2,(H,27,31);1-2H3. The number of aromatic nitrogens is 1. The summed E-state index contributed by atoms with van der Waals surface area (Å²) in [4.78, 5) is 14.5. The summed E-state index contributed by atoms with van der Waals surface area (Å²) in [5, 5.41) is 12.8. The van der Waals surface area contributed by atoms with Crippen molar-refractivity contribution in [1.29, 1.82) is 0 Å². The van der Waals surface area contributed by atoms with Gasteiger partial charge >= 0.3 is 0 Å². The number of likely N-dealkylation sites (tertiary alicyclic amines) is 1. The van der Waals surface area contributed by atoms with Crippen LogP contribution in [0.2, 0.25) is 0 Å². The topological polar surface area (TPSA) is 57.5 Å². The second kappa shape index (κ2) is 12.5. The van der Waals surface area contributed by atoms with Crippen LogP contribution in [-0.4, -0.2) is 53.3 Å². The Morgan fingerprint density at radius 2 is 1.76 bits per heavy atom. The van der Waals surface area contributed by atoms with E-state index >= 15 is 0 Å². The SMILES string of the molecule is CC.O=C(Cc1ccc2ccn(C3CCN(CCc4ccc(F)cc4)CC3)c2c1)NCCO. The number of nitrogens with zero attached hydrogens (tertiary/aromatic N) is 2. The van der Waals surface area contributed by atoms with Gasteiger partial charge in [-0.2, -0.15) is 0 Å². The quantitative estimate of drug-likeness (QED) is 0.534. The fourth-order valence-electron chi connectivity index (χ4n) is 4.43. The molecule has 1 aromatic heterocycles. The second-order valence-electron chi connectivity index (χ2n) is 8.32. The summed E-state index contributed by atoms with van der Waals surface area (Å²) in [6.07, 6.45) is 5.62. The molecule has 2 N–H and O–H groups in total. The van der Waals surface area contributed by atoms with Crippen molar-refractivity contribution in [3.63, 3.8) is 0 Å². The number of carbonyl (C=O) groups is 1. The number of amides is 1. The number of rotatable bonds is 8. The Bertz CT molecular complexity index is 1010. The van der Waals surface area contributed by atoms with Gasteiger partial charge in [0.15, 0.2) is 0 Å². The molecule has 178 valence electrons. The van der Waals surface area contributed by atoms with Gasteiger partial charge in [-0.15, -0.1) is 0 Å². The van der Waals surface area contributed by atoms with E-state index in [4.69, 9.17) is 5.11 Å². The Morgan fingerprint density at radius 3 is 2.45 bits per heavy atom. The molecule has 0 unspecified atom stereocenters. The highest BCUT2D eigenvalue weighted by molar-refractivity contribution is 5.84. The highest BCUT2D eigenvalue weighted by atomic mass is 19.1. The van der Waals surface area contributed by atoms with E-state index in [9.17, 15) is 9.18 Å². The molecule has 1 amide bonds. The smallest absolute Gasteiger partial charge is 0.224 e. The molecule has 3 aromatic rings. The van der Waals surface area contributed by atoms with E-state index in [2.05, 4.69) is 39.2 Å². The Balaban J connectivity index is 0.00000149. The number of halogens is 1. The zero-order valence-electron chi connectivity index (χ0n) is 19.8. The molecule has 0 bridgehead atoms. The van der Waals surface area contributed by atoms with E-state index in [1.54, 1.807) is 0 Å². The minimum atomic E-state index is -0.183. The highest BCUT2D eigenvalue weighted by Crippen LogP contribution is 2.28. The van der Waals surface area contributed by atoms with Gasteiger partial charge in [0.05, 0.1) is 13.0 Å². The van der Waals surface area contributed by atoms with Crippen LogP contribution in [0, 0.1) is 5.82 Å². The van der Waals surface area contributed by atoms with Crippen LogP contribution in [0.25, 0.3) is 10.9 Å². The summed E-state index contributed by atoms with van der Waals surface area (Å²) in [6, 6.07) is 15.6. The van der Waals surface area contributed by atoms with Crippen LogP contribution in [0.4, 0.5) is 4.39 Å². The first-order valence-corrected chi connectivity index (χ1v) is 12.1. The molecule has 0 aliphatic carbocycles. The second-order valence-corrected chi connectivity index (χ2v) is 8.32. The lowest BCUT2D eigenvalue weighted by Gasteiger charge is -2.33. The molecule has 0 atom stereocenters. The van der Waals surface area contributed by atoms with Crippen molar-refractivity contribution in [2.24, 2.45) is 0 Å². The zero-order valence-corrected chi connectivity index (χ0v) is 19.8. The third kappa shape index (κ3) is 6.89. The summed E-state index contributed by atoms with van der Waals surface area (Å²) in [6.45, 7) is 7.34. The monoisotopic (exact) mass is 453 g/mol. The van der Waals surface area contributed by atoms with E-state index in [0.29, 0.717) is 12.5 Å². The van der Waals surface area contributed by atoms with Crippen molar-refractivity contribution in [3.8, 4) is 0 Å². The van der Waals surface area contributed by atoms with Crippen LogP contribution in [0.5, 0.6) is 0 Å². The minimum absolute atomic E-state index is 0.0454. The molecule has 1 fully saturated rings. The fraction of sp³-hybridized carbons (Fsp3) is 0.444. The maximum absolute atomic E-state index is 13.1. The van der Waals surface area contributed by atoms with Gasteiger partial charge < -0.3 is 19.9 Å². The van der Waals surface area contributed by atoms with Crippen molar-refractivity contribution >= 4 is 16.8 Å². The number of piperidine rings is 1. The molecule has 5 nitrogen and oxygen atoms in total. The van der Waals surface area contributed by atoms with Gasteiger partial charge in [-0.25, -0.2) is 4.39 Å². The van der Waals surface area contributed by atoms with Gasteiger partial charge in [-0.3, -0.25) is 4.79 Å². The lowest BCUT2D eigenvalue weighted by Crippen LogP contribution is -2.35. The molecular weight excluding hydrogens is 417 g/mol. The third-order valence-corrected chi connectivity index (χ3v) is 6.17. The fourth-order valence-corrected chi connectivity index (χ4v) is 4.43. The molecular formula is C27H36FN3O2. The number of hydrogen-bond donors (Lipinski definition) is 2. The number of nitrogens with one attached hydrogen (secondary N) is 1. The Labute approximate surface area is 196 Å². The normalized spacial score (nSPS) is 14.7. The molecule has 1 aliphatic rings. The first-order valence-electron chi connectivity index (χ1n) is 12.1. The average molecular weight is 454 g/mol. The largest absolute Gasteiger partial charge is 0.395 e. The Kier molecular flexibility index (Phi) is 9.46. The number of fused-ring (bicyclic) bond motifs is 1. The summed E-state index contributed by atoms with van der Waals surface area (Å²) in [5.74, 6) is -0.251. The molecule has 0 radical (unpaired) electrons. The van der Waals surface area contributed by atoms with Crippen molar-refractivity contribution in [3.05, 3.63) is 71.7 Å². The van der Waals surface area contributed by atoms with E-state index < -0.39 is 0 Å². The van der Waals surface area contributed by atoms with E-state index in [-0.39, 0.29) is 24.9 Å². The predicted molar refractivity (Wildman–Crippen MR) is 132 cm³/mol. The van der Waals surface area contributed by atoms with Gasteiger partial charge in [0.25, 0.3) is 0 Å². The number of aliphatic hydroxyl groups is 1. The number of carbonyl (C=O) groups excluding carboxylic acids is 1. The molecule has 6 heteroatoms. The molecule has 0 saturated carbocycles. The van der Waals surface area contributed by atoms with E-state index in [1.807, 2.05) is 32.0 Å². The summed E-state index contributed by atoms with van der Waals surface area (Å²) in [7, 11) is 0. The molecule has 1 saturated heterocycles. The summed E-state index contributed by atoms with van der Waals surface area (Å²) >= 11 is 0. The van der Waals surface area contributed by atoms with Crippen LogP contribution in [0.3, 0.4) is 0 Å². The maximum atomic E-state index is 13.1. The lowest BCUT2D eigenvalue weighted by molar-refractivity contribution is -0.120. The zero-order chi connectivity index (χ0) is 23.6. The summed E-state index contributed by atoms with van der Waals surface area (Å²) < 4.78 is 15.4. The van der Waals surface area contributed by atoms with Gasteiger partial charge in [0.1, 0.15) is 5.82 Å². The minimum Gasteiger partial charge on any atom is -0.395 e. The molecule has 2 heterocycles. The van der Waals surface area contributed by atoms with Gasteiger partial charge in [0, 0.05) is 43.9 Å². The molecule has 2 aromatic carbocycles. The Hall–Kier alpha value is -2.70. The first kappa shape index (κ1) is 24.9. The van der Waals surface area contributed by atoms with Crippen LogP contribution in [-0.2, 0) is 17.6 Å². The molecule has 33 heavy (non-hydrogen) atoms. The third-order valence-electron chi connectivity index (χ3n) is 6.17. The number of aliphatic hydroxyl groups excluding tert-OH is 1. The molecule has 0 spiro atoms. The van der Waals surface area contributed by atoms with Crippen molar-refractivity contribution in [2.75, 3.05) is 32.8 Å². The van der Waals surface area contributed by atoms with Crippen LogP contribution >= 0.6 is 0 Å². The van der Waals surface area contributed by atoms with Gasteiger partial charge in [-0.1, -0.05) is 38.1 Å². The number of benzene rings is 2. The van der Waals surface area contributed by atoms with E-state index in [0.717, 1.165) is 44.5 Å². The summed E-state index contributed by atoms with van der Waals surface area (Å²) in [5.41, 5.74) is 3.34. The first-order chi connectivity index (χ1) is 16.1. The average Bonchev–Trinajstić information content (AvgIpc) is 3.27. The van der Waals surface area contributed by atoms with E-state index in [1.165, 1.54) is 28.6 Å². The Morgan fingerprint density at radius 1 is 1.06 bits per heavy atom. The van der Waals surface area contributed by atoms with Gasteiger partial charge in [0.2, 0.25) is 5.91 Å². The van der Waals surface area contributed by atoms with Crippen molar-refractivity contribution < 1.29 is 14.3 Å². The molecule has 4 rings (SSSR count). The maximum Gasteiger partial charge on any atom is 0.224 e. The lowest BCUT2D eigenvalue weighted by atomic mass is 10.0.